The minimum absolute atomic E-state index is 0.641. The van der Waals surface area contributed by atoms with Gasteiger partial charge >= 0.3 is 0 Å². The van der Waals surface area contributed by atoms with E-state index in [1.165, 1.54) is 5.56 Å². The predicted molar refractivity (Wildman–Crippen MR) is 74.9 cm³/mol. The molecule has 0 saturated carbocycles. The summed E-state index contributed by atoms with van der Waals surface area (Å²) in [7, 11) is 1.94. The summed E-state index contributed by atoms with van der Waals surface area (Å²) >= 11 is 7.82. The first-order chi connectivity index (χ1) is 8.20. The fourth-order valence-corrected chi connectivity index (χ4v) is 2.92. The fraction of sp³-hybridized carbons (Fsp3) is 0.308. The van der Waals surface area contributed by atoms with Gasteiger partial charge in [-0.05, 0) is 33.0 Å². The number of aromatic nitrogens is 1. The van der Waals surface area contributed by atoms with Crippen LogP contribution in [0.5, 0.6) is 0 Å². The molecule has 90 valence electrons. The second kappa shape index (κ2) is 5.63. The second-order valence-corrected chi connectivity index (χ2v) is 5.40. The van der Waals surface area contributed by atoms with Crippen molar-refractivity contribution in [2.75, 3.05) is 13.6 Å². The van der Waals surface area contributed by atoms with Gasteiger partial charge in [-0.15, -0.1) is 11.3 Å². The highest BCUT2D eigenvalue weighted by Crippen LogP contribution is 2.31. The van der Waals surface area contributed by atoms with Crippen molar-refractivity contribution in [1.82, 2.24) is 10.3 Å². The van der Waals surface area contributed by atoms with Gasteiger partial charge in [-0.1, -0.05) is 35.4 Å². The molecule has 17 heavy (non-hydrogen) atoms. The minimum Gasteiger partial charge on any atom is -0.319 e. The summed E-state index contributed by atoms with van der Waals surface area (Å²) in [6.45, 7) is 3.01. The monoisotopic (exact) mass is 266 g/mol. The Labute approximate surface area is 111 Å². The van der Waals surface area contributed by atoms with Crippen molar-refractivity contribution in [3.63, 3.8) is 0 Å². The number of likely N-dealkylation sites (N-methyl/N-ethyl adjacent to an activating group) is 1. The van der Waals surface area contributed by atoms with E-state index in [9.17, 15) is 0 Å². The van der Waals surface area contributed by atoms with Crippen molar-refractivity contribution in [2.45, 2.75) is 13.3 Å². The van der Waals surface area contributed by atoms with Crippen LogP contribution in [-0.2, 0) is 6.42 Å². The second-order valence-electron chi connectivity index (χ2n) is 3.96. The van der Waals surface area contributed by atoms with E-state index in [0.717, 1.165) is 28.4 Å². The summed E-state index contributed by atoms with van der Waals surface area (Å²) in [4.78, 5) is 5.58. The van der Waals surface area contributed by atoms with Crippen LogP contribution < -0.4 is 5.32 Å². The number of rotatable bonds is 4. The van der Waals surface area contributed by atoms with E-state index in [1.807, 2.05) is 13.1 Å². The van der Waals surface area contributed by atoms with Crippen molar-refractivity contribution < 1.29 is 0 Å². The Morgan fingerprint density at radius 3 is 2.94 bits per heavy atom. The van der Waals surface area contributed by atoms with Gasteiger partial charge in [-0.25, -0.2) is 4.98 Å². The maximum absolute atomic E-state index is 6.14. The first-order valence-electron chi connectivity index (χ1n) is 5.57. The molecule has 1 N–H and O–H groups in total. The highest BCUT2D eigenvalue weighted by atomic mass is 35.5. The molecule has 1 heterocycles. The van der Waals surface area contributed by atoms with E-state index in [0.29, 0.717) is 5.15 Å². The highest BCUT2D eigenvalue weighted by molar-refractivity contribution is 7.15. The van der Waals surface area contributed by atoms with E-state index in [2.05, 4.69) is 35.4 Å². The fourth-order valence-electron chi connectivity index (χ4n) is 1.63. The van der Waals surface area contributed by atoms with Crippen LogP contribution in [0.3, 0.4) is 0 Å². The van der Waals surface area contributed by atoms with Gasteiger partial charge in [0.05, 0.1) is 0 Å². The molecule has 1 aromatic heterocycles. The molecule has 0 amide bonds. The standard InChI is InChI=1S/C13H15ClN2S/c1-9-4-3-5-10(8-9)13-16-12(14)11(17-13)6-7-15-2/h3-5,8,15H,6-7H2,1-2H3. The average Bonchev–Trinajstić information content (AvgIpc) is 2.68. The maximum atomic E-state index is 6.14. The zero-order chi connectivity index (χ0) is 12.3. The normalized spacial score (nSPS) is 10.8. The molecule has 0 spiro atoms. The minimum atomic E-state index is 0.641. The van der Waals surface area contributed by atoms with Gasteiger partial charge in [0.25, 0.3) is 0 Å². The van der Waals surface area contributed by atoms with Crippen molar-refractivity contribution in [3.8, 4) is 10.6 Å². The molecule has 0 radical (unpaired) electrons. The summed E-state index contributed by atoms with van der Waals surface area (Å²) in [6, 6.07) is 8.34. The first-order valence-corrected chi connectivity index (χ1v) is 6.77. The Bertz CT molecular complexity index is 508. The summed E-state index contributed by atoms with van der Waals surface area (Å²) < 4.78 is 0. The molecule has 0 unspecified atom stereocenters. The van der Waals surface area contributed by atoms with Gasteiger partial charge in [0.2, 0.25) is 0 Å². The molecule has 1 aromatic carbocycles. The molecule has 0 fully saturated rings. The SMILES string of the molecule is CNCCc1sc(-c2cccc(C)c2)nc1Cl. The lowest BCUT2D eigenvalue weighted by Crippen LogP contribution is -2.09. The summed E-state index contributed by atoms with van der Waals surface area (Å²) in [5.41, 5.74) is 2.39. The lowest BCUT2D eigenvalue weighted by Gasteiger charge is -1.97. The number of aryl methyl sites for hydroxylation is 1. The van der Waals surface area contributed by atoms with Crippen molar-refractivity contribution in [1.29, 1.82) is 0 Å². The lowest BCUT2D eigenvalue weighted by molar-refractivity contribution is 0.798. The molecular weight excluding hydrogens is 252 g/mol. The van der Waals surface area contributed by atoms with E-state index in [-0.39, 0.29) is 0 Å². The largest absolute Gasteiger partial charge is 0.319 e. The van der Waals surface area contributed by atoms with Crippen molar-refractivity contribution in [2.24, 2.45) is 0 Å². The Balaban J connectivity index is 2.28. The molecule has 0 aliphatic rings. The third-order valence-corrected chi connectivity index (χ3v) is 4.11. The van der Waals surface area contributed by atoms with Crippen LogP contribution in [0.15, 0.2) is 24.3 Å². The number of nitrogens with zero attached hydrogens (tertiary/aromatic N) is 1. The first kappa shape index (κ1) is 12.6. The number of benzene rings is 1. The lowest BCUT2D eigenvalue weighted by atomic mass is 10.1. The van der Waals surface area contributed by atoms with E-state index in [4.69, 9.17) is 11.6 Å². The molecule has 0 aliphatic heterocycles. The van der Waals surface area contributed by atoms with E-state index >= 15 is 0 Å². The van der Waals surface area contributed by atoms with Gasteiger partial charge < -0.3 is 5.32 Å². The zero-order valence-electron chi connectivity index (χ0n) is 9.96. The van der Waals surface area contributed by atoms with Crippen LogP contribution in [0.1, 0.15) is 10.4 Å². The zero-order valence-corrected chi connectivity index (χ0v) is 11.5. The quantitative estimate of drug-likeness (QED) is 0.916. The molecule has 0 atom stereocenters. The number of nitrogens with one attached hydrogen (secondary N) is 1. The van der Waals surface area contributed by atoms with Gasteiger partial charge in [-0.3, -0.25) is 0 Å². The number of hydrogen-bond acceptors (Lipinski definition) is 3. The van der Waals surface area contributed by atoms with Gasteiger partial charge in [0.15, 0.2) is 0 Å². The summed E-state index contributed by atoms with van der Waals surface area (Å²) in [5.74, 6) is 0. The third-order valence-electron chi connectivity index (χ3n) is 2.52. The third kappa shape index (κ3) is 3.06. The average molecular weight is 267 g/mol. The van der Waals surface area contributed by atoms with Crippen molar-refractivity contribution >= 4 is 22.9 Å². The number of halogens is 1. The molecule has 0 aliphatic carbocycles. The predicted octanol–water partition coefficient (Wildman–Crippen LogP) is 3.53. The van der Waals surface area contributed by atoms with Gasteiger partial charge in [0, 0.05) is 10.4 Å². The van der Waals surface area contributed by atoms with Crippen LogP contribution in [0.25, 0.3) is 10.6 Å². The number of thiazole rings is 1. The van der Waals surface area contributed by atoms with Crippen LogP contribution >= 0.6 is 22.9 Å². The van der Waals surface area contributed by atoms with Crippen LogP contribution in [0, 0.1) is 6.92 Å². The molecule has 2 aromatic rings. The molecule has 2 rings (SSSR count). The maximum Gasteiger partial charge on any atom is 0.143 e. The summed E-state index contributed by atoms with van der Waals surface area (Å²) in [5, 5.41) is 4.77. The number of hydrogen-bond donors (Lipinski definition) is 1. The Hall–Kier alpha value is -0.900. The topological polar surface area (TPSA) is 24.9 Å². The smallest absolute Gasteiger partial charge is 0.143 e. The van der Waals surface area contributed by atoms with Gasteiger partial charge in [-0.2, -0.15) is 0 Å². The molecule has 2 nitrogen and oxygen atoms in total. The van der Waals surface area contributed by atoms with Crippen LogP contribution in [0.4, 0.5) is 0 Å². The molecule has 0 bridgehead atoms. The van der Waals surface area contributed by atoms with Crippen LogP contribution in [0.2, 0.25) is 5.15 Å². The summed E-state index contributed by atoms with van der Waals surface area (Å²) in [6.07, 6.45) is 0.929. The van der Waals surface area contributed by atoms with E-state index in [1.54, 1.807) is 11.3 Å². The highest BCUT2D eigenvalue weighted by Gasteiger charge is 2.10. The van der Waals surface area contributed by atoms with Crippen LogP contribution in [-0.4, -0.2) is 18.6 Å². The van der Waals surface area contributed by atoms with Gasteiger partial charge in [0.1, 0.15) is 10.2 Å². The Morgan fingerprint density at radius 2 is 2.24 bits per heavy atom. The molecule has 4 heteroatoms. The Kier molecular flexibility index (Phi) is 4.15. The molecular formula is C13H15ClN2S. The van der Waals surface area contributed by atoms with E-state index < -0.39 is 0 Å². The Morgan fingerprint density at radius 1 is 1.41 bits per heavy atom. The molecule has 0 saturated heterocycles. The van der Waals surface area contributed by atoms with Crippen molar-refractivity contribution in [3.05, 3.63) is 39.9 Å².